The summed E-state index contributed by atoms with van der Waals surface area (Å²) < 4.78 is 17.8. The molecule has 3 heteroatoms. The van der Waals surface area contributed by atoms with Gasteiger partial charge in [-0.15, -0.1) is 0 Å². The monoisotopic (exact) mass is 191 g/mol. The van der Waals surface area contributed by atoms with E-state index in [0.717, 1.165) is 11.1 Å². The van der Waals surface area contributed by atoms with Gasteiger partial charge >= 0.3 is 0 Å². The minimum atomic E-state index is -0.329. The molecule has 0 aliphatic rings. The van der Waals surface area contributed by atoms with Crippen LogP contribution in [0.4, 0.5) is 4.39 Å². The molecule has 2 nitrogen and oxygen atoms in total. The van der Waals surface area contributed by atoms with E-state index in [1.807, 2.05) is 0 Å². The first kappa shape index (κ1) is 8.97. The first-order valence-electron chi connectivity index (χ1n) is 4.30. The zero-order valence-electron chi connectivity index (χ0n) is 7.48. The van der Waals surface area contributed by atoms with Gasteiger partial charge in [-0.3, -0.25) is 0 Å². The second-order valence-electron chi connectivity index (χ2n) is 3.09. The first-order chi connectivity index (χ1) is 6.77. The van der Waals surface area contributed by atoms with Crippen LogP contribution >= 0.6 is 0 Å². The van der Waals surface area contributed by atoms with Crippen LogP contribution in [0.25, 0.3) is 0 Å². The minimum Gasteiger partial charge on any atom is -0.472 e. The number of furan rings is 1. The summed E-state index contributed by atoms with van der Waals surface area (Å²) in [5.41, 5.74) is 7.49. The molecule has 0 radical (unpaired) electrons. The molecule has 2 N–H and O–H groups in total. The van der Waals surface area contributed by atoms with Crippen molar-refractivity contribution in [3.8, 4) is 0 Å². The summed E-state index contributed by atoms with van der Waals surface area (Å²) in [6, 6.07) is 7.70. The van der Waals surface area contributed by atoms with Gasteiger partial charge in [-0.25, -0.2) is 4.39 Å². The number of rotatable bonds is 2. The average Bonchev–Trinajstić information content (AvgIpc) is 2.69. The van der Waals surface area contributed by atoms with E-state index in [2.05, 4.69) is 0 Å². The zero-order valence-corrected chi connectivity index (χ0v) is 7.48. The minimum absolute atomic E-state index is 0.276. The van der Waals surface area contributed by atoms with E-state index in [1.165, 1.54) is 12.1 Å². The van der Waals surface area contributed by atoms with E-state index in [0.29, 0.717) is 0 Å². The number of hydrogen-bond acceptors (Lipinski definition) is 2. The quantitative estimate of drug-likeness (QED) is 0.791. The molecule has 1 heterocycles. The normalized spacial score (nSPS) is 12.7. The van der Waals surface area contributed by atoms with Crippen LogP contribution in [0.3, 0.4) is 0 Å². The molecule has 2 aromatic rings. The molecule has 2 rings (SSSR count). The number of hydrogen-bond donors (Lipinski definition) is 1. The van der Waals surface area contributed by atoms with Crippen LogP contribution < -0.4 is 5.73 Å². The van der Waals surface area contributed by atoms with Gasteiger partial charge in [-0.05, 0) is 23.8 Å². The van der Waals surface area contributed by atoms with Gasteiger partial charge in [0.05, 0.1) is 18.6 Å². The van der Waals surface area contributed by atoms with Gasteiger partial charge in [0.2, 0.25) is 0 Å². The Morgan fingerprint density at radius 1 is 1.21 bits per heavy atom. The van der Waals surface area contributed by atoms with Gasteiger partial charge in [0.1, 0.15) is 5.82 Å². The molecule has 14 heavy (non-hydrogen) atoms. The second-order valence-corrected chi connectivity index (χ2v) is 3.09. The largest absolute Gasteiger partial charge is 0.472 e. The van der Waals surface area contributed by atoms with Crippen molar-refractivity contribution in [2.24, 2.45) is 5.73 Å². The van der Waals surface area contributed by atoms with Crippen molar-refractivity contribution in [2.45, 2.75) is 6.04 Å². The molecule has 0 saturated carbocycles. The van der Waals surface area contributed by atoms with Crippen molar-refractivity contribution >= 4 is 0 Å². The summed E-state index contributed by atoms with van der Waals surface area (Å²) in [5, 5.41) is 0. The van der Waals surface area contributed by atoms with Crippen LogP contribution in [0.1, 0.15) is 17.2 Å². The Kier molecular flexibility index (Phi) is 2.33. The van der Waals surface area contributed by atoms with Crippen molar-refractivity contribution in [1.82, 2.24) is 0 Å². The fourth-order valence-electron chi connectivity index (χ4n) is 1.34. The van der Waals surface area contributed by atoms with E-state index in [9.17, 15) is 4.39 Å². The Morgan fingerprint density at radius 2 is 2.07 bits per heavy atom. The standard InChI is InChI=1S/C11H10FNO/c12-10-3-1-2-8(6-10)11(13)9-4-5-14-7-9/h1-7,11H,13H2. The van der Waals surface area contributed by atoms with E-state index in [4.69, 9.17) is 10.2 Å². The smallest absolute Gasteiger partial charge is 0.123 e. The van der Waals surface area contributed by atoms with Gasteiger partial charge < -0.3 is 10.2 Å². The van der Waals surface area contributed by atoms with Gasteiger partial charge in [0, 0.05) is 5.56 Å². The van der Waals surface area contributed by atoms with Crippen molar-refractivity contribution in [2.75, 3.05) is 0 Å². The summed E-state index contributed by atoms with van der Waals surface area (Å²) >= 11 is 0. The molecule has 72 valence electrons. The lowest BCUT2D eigenvalue weighted by Gasteiger charge is -2.09. The fraction of sp³-hybridized carbons (Fsp3) is 0.0909. The molecule has 0 fully saturated rings. The van der Waals surface area contributed by atoms with Gasteiger partial charge in [-0.1, -0.05) is 12.1 Å². The van der Waals surface area contributed by atoms with Gasteiger partial charge in [0.25, 0.3) is 0 Å². The summed E-state index contributed by atoms with van der Waals surface area (Å²) in [7, 11) is 0. The van der Waals surface area contributed by atoms with Crippen molar-refractivity contribution in [3.63, 3.8) is 0 Å². The highest BCUT2D eigenvalue weighted by atomic mass is 19.1. The van der Waals surface area contributed by atoms with Crippen molar-refractivity contribution < 1.29 is 8.81 Å². The molecule has 1 atom stereocenters. The van der Waals surface area contributed by atoms with E-state index in [-0.39, 0.29) is 11.9 Å². The average molecular weight is 191 g/mol. The van der Waals surface area contributed by atoms with Crippen LogP contribution in [-0.2, 0) is 0 Å². The molecule has 0 spiro atoms. The Hall–Kier alpha value is -1.61. The highest BCUT2D eigenvalue weighted by molar-refractivity contribution is 5.29. The Balaban J connectivity index is 2.32. The Labute approximate surface area is 81.2 Å². The second kappa shape index (κ2) is 3.64. The molecule has 1 unspecified atom stereocenters. The molecular formula is C11H10FNO. The molecule has 0 saturated heterocycles. The van der Waals surface area contributed by atoms with Crippen molar-refractivity contribution in [3.05, 3.63) is 59.8 Å². The molecule has 0 aliphatic carbocycles. The van der Waals surface area contributed by atoms with Crippen LogP contribution in [0.2, 0.25) is 0 Å². The molecular weight excluding hydrogens is 181 g/mol. The van der Waals surface area contributed by atoms with Gasteiger partial charge in [-0.2, -0.15) is 0 Å². The third-order valence-electron chi connectivity index (χ3n) is 2.11. The van der Waals surface area contributed by atoms with E-state index in [1.54, 1.807) is 30.7 Å². The first-order valence-corrected chi connectivity index (χ1v) is 4.30. The summed E-state index contributed by atoms with van der Waals surface area (Å²) in [4.78, 5) is 0. The van der Waals surface area contributed by atoms with Crippen molar-refractivity contribution in [1.29, 1.82) is 0 Å². The predicted octanol–water partition coefficient (Wildman–Crippen LogP) is 2.47. The number of halogens is 1. The van der Waals surface area contributed by atoms with E-state index >= 15 is 0 Å². The Morgan fingerprint density at radius 3 is 2.71 bits per heavy atom. The molecule has 1 aromatic heterocycles. The number of benzene rings is 1. The van der Waals surface area contributed by atoms with Crippen LogP contribution in [0.5, 0.6) is 0 Å². The van der Waals surface area contributed by atoms with Gasteiger partial charge in [0.15, 0.2) is 0 Å². The molecule has 0 amide bonds. The third-order valence-corrected chi connectivity index (χ3v) is 2.11. The summed E-state index contributed by atoms with van der Waals surface area (Å²) in [6.45, 7) is 0. The zero-order chi connectivity index (χ0) is 9.97. The maximum atomic E-state index is 12.9. The SMILES string of the molecule is NC(c1ccoc1)c1cccc(F)c1. The maximum absolute atomic E-state index is 12.9. The molecule has 0 aliphatic heterocycles. The highest BCUT2D eigenvalue weighted by Gasteiger charge is 2.09. The molecule has 0 bridgehead atoms. The lowest BCUT2D eigenvalue weighted by molar-refractivity contribution is 0.561. The maximum Gasteiger partial charge on any atom is 0.123 e. The third kappa shape index (κ3) is 1.67. The molecule has 1 aromatic carbocycles. The lowest BCUT2D eigenvalue weighted by Crippen LogP contribution is -2.10. The van der Waals surface area contributed by atoms with Crippen LogP contribution in [0, 0.1) is 5.82 Å². The summed E-state index contributed by atoms with van der Waals surface area (Å²) in [5.74, 6) is -0.276. The van der Waals surface area contributed by atoms with Crippen LogP contribution in [-0.4, -0.2) is 0 Å². The highest BCUT2D eigenvalue weighted by Crippen LogP contribution is 2.20. The van der Waals surface area contributed by atoms with E-state index < -0.39 is 0 Å². The predicted molar refractivity (Wildman–Crippen MR) is 51.1 cm³/mol. The fourth-order valence-corrected chi connectivity index (χ4v) is 1.34. The summed E-state index contributed by atoms with van der Waals surface area (Å²) in [6.07, 6.45) is 3.12. The van der Waals surface area contributed by atoms with Crippen LogP contribution in [0.15, 0.2) is 47.3 Å². The topological polar surface area (TPSA) is 39.2 Å². The lowest BCUT2D eigenvalue weighted by atomic mass is 10.0. The number of nitrogens with two attached hydrogens (primary N) is 1. The Bertz CT molecular complexity index is 411.